The molecule has 6 nitrogen and oxygen atoms in total. The zero-order chi connectivity index (χ0) is 13.8. The van der Waals surface area contributed by atoms with Crippen molar-refractivity contribution in [3.63, 3.8) is 0 Å². The highest BCUT2D eigenvalue weighted by molar-refractivity contribution is 5.75. The molecule has 1 heterocycles. The topological polar surface area (TPSA) is 80.0 Å². The van der Waals surface area contributed by atoms with Gasteiger partial charge in [-0.2, -0.15) is 0 Å². The highest BCUT2D eigenvalue weighted by atomic mass is 16.6. The van der Waals surface area contributed by atoms with E-state index in [-0.39, 0.29) is 0 Å². The molecule has 1 aromatic carbocycles. The summed E-state index contributed by atoms with van der Waals surface area (Å²) in [5.41, 5.74) is 6.57. The van der Waals surface area contributed by atoms with E-state index < -0.39 is 12.0 Å². The molecular weight excluding hydrogens is 250 g/mol. The van der Waals surface area contributed by atoms with Crippen molar-refractivity contribution in [3.05, 3.63) is 17.7 Å². The fraction of sp³-hybridized carbons (Fsp3) is 0.462. The molecule has 2 rings (SSSR count). The summed E-state index contributed by atoms with van der Waals surface area (Å²) in [5, 5.41) is 0. The Morgan fingerprint density at radius 3 is 2.79 bits per heavy atom. The minimum absolute atomic E-state index is 0.347. The highest BCUT2D eigenvalue weighted by Gasteiger charge is 2.21. The van der Waals surface area contributed by atoms with Crippen LogP contribution in [0.25, 0.3) is 0 Å². The van der Waals surface area contributed by atoms with Crippen molar-refractivity contribution in [2.75, 3.05) is 27.4 Å². The second kappa shape index (κ2) is 5.79. The summed E-state index contributed by atoms with van der Waals surface area (Å²) in [7, 11) is 2.87. The van der Waals surface area contributed by atoms with E-state index in [1.807, 2.05) is 0 Å². The second-order valence-electron chi connectivity index (χ2n) is 4.16. The third kappa shape index (κ3) is 2.90. The van der Waals surface area contributed by atoms with Crippen molar-refractivity contribution < 1.29 is 23.7 Å². The SMILES string of the molecule is COC(=O)C(N)Cc1cc(OC)c2c(c1)OCCO2. The molecule has 1 aliphatic rings. The molecule has 0 fully saturated rings. The number of nitrogens with two attached hydrogens (primary N) is 1. The molecule has 0 saturated carbocycles. The Morgan fingerprint density at radius 1 is 1.37 bits per heavy atom. The molecule has 2 N–H and O–H groups in total. The van der Waals surface area contributed by atoms with Gasteiger partial charge in [-0.25, -0.2) is 0 Å². The monoisotopic (exact) mass is 267 g/mol. The molecule has 1 unspecified atom stereocenters. The van der Waals surface area contributed by atoms with Crippen LogP contribution in [0.1, 0.15) is 5.56 Å². The van der Waals surface area contributed by atoms with Gasteiger partial charge in [-0.05, 0) is 24.1 Å². The van der Waals surface area contributed by atoms with Gasteiger partial charge >= 0.3 is 5.97 Å². The van der Waals surface area contributed by atoms with E-state index in [1.54, 1.807) is 19.2 Å². The maximum Gasteiger partial charge on any atom is 0.322 e. The first kappa shape index (κ1) is 13.5. The quantitative estimate of drug-likeness (QED) is 0.801. The molecule has 6 heteroatoms. The maximum absolute atomic E-state index is 11.3. The molecule has 1 aromatic rings. The molecule has 0 radical (unpaired) electrons. The number of benzene rings is 1. The molecule has 0 spiro atoms. The number of rotatable bonds is 4. The van der Waals surface area contributed by atoms with Crippen molar-refractivity contribution in [1.29, 1.82) is 0 Å². The molecule has 104 valence electrons. The van der Waals surface area contributed by atoms with Gasteiger partial charge in [0.25, 0.3) is 0 Å². The van der Waals surface area contributed by atoms with Crippen molar-refractivity contribution in [2.45, 2.75) is 12.5 Å². The zero-order valence-corrected chi connectivity index (χ0v) is 11.0. The molecule has 0 bridgehead atoms. The van der Waals surface area contributed by atoms with E-state index in [0.29, 0.717) is 36.9 Å². The number of esters is 1. The number of ether oxygens (including phenoxy) is 4. The number of carbonyl (C=O) groups is 1. The number of hydrogen-bond acceptors (Lipinski definition) is 6. The molecule has 0 saturated heterocycles. The molecule has 19 heavy (non-hydrogen) atoms. The van der Waals surface area contributed by atoms with E-state index in [0.717, 1.165) is 5.56 Å². The Morgan fingerprint density at radius 2 is 2.11 bits per heavy atom. The first-order valence-electron chi connectivity index (χ1n) is 5.95. The summed E-state index contributed by atoms with van der Waals surface area (Å²) >= 11 is 0. The van der Waals surface area contributed by atoms with Crippen LogP contribution in [0.2, 0.25) is 0 Å². The van der Waals surface area contributed by atoms with Crippen molar-refractivity contribution in [3.8, 4) is 17.2 Å². The van der Waals surface area contributed by atoms with Gasteiger partial charge in [0.1, 0.15) is 19.3 Å². The summed E-state index contributed by atoms with van der Waals surface area (Å²) in [4.78, 5) is 11.3. The molecular formula is C13H17NO5. The smallest absolute Gasteiger partial charge is 0.322 e. The average molecular weight is 267 g/mol. The van der Waals surface area contributed by atoms with Gasteiger partial charge in [0.2, 0.25) is 5.75 Å². The number of methoxy groups -OCH3 is 2. The van der Waals surface area contributed by atoms with Crippen LogP contribution in [-0.2, 0) is 16.0 Å². The Kier molecular flexibility index (Phi) is 4.11. The summed E-state index contributed by atoms with van der Waals surface area (Å²) in [5.74, 6) is 1.32. The Hall–Kier alpha value is -1.95. The van der Waals surface area contributed by atoms with Crippen molar-refractivity contribution >= 4 is 5.97 Å². The van der Waals surface area contributed by atoms with Gasteiger partial charge < -0.3 is 24.7 Å². The van der Waals surface area contributed by atoms with Crippen LogP contribution in [0.4, 0.5) is 0 Å². The Bertz CT molecular complexity index is 457. The minimum atomic E-state index is -0.711. The van der Waals surface area contributed by atoms with E-state index in [2.05, 4.69) is 4.74 Å². The largest absolute Gasteiger partial charge is 0.493 e. The molecule has 1 aliphatic heterocycles. The Balaban J connectivity index is 2.24. The predicted molar refractivity (Wildman–Crippen MR) is 67.7 cm³/mol. The highest BCUT2D eigenvalue weighted by Crippen LogP contribution is 2.40. The van der Waals surface area contributed by atoms with Crippen LogP contribution in [0.3, 0.4) is 0 Å². The van der Waals surface area contributed by atoms with Gasteiger partial charge in [0, 0.05) is 0 Å². The van der Waals surface area contributed by atoms with Gasteiger partial charge in [-0.15, -0.1) is 0 Å². The fourth-order valence-corrected chi connectivity index (χ4v) is 1.93. The van der Waals surface area contributed by atoms with Crippen molar-refractivity contribution in [1.82, 2.24) is 0 Å². The van der Waals surface area contributed by atoms with Crippen LogP contribution in [0.15, 0.2) is 12.1 Å². The third-order valence-corrected chi connectivity index (χ3v) is 2.85. The number of carbonyl (C=O) groups excluding carboxylic acids is 1. The molecule has 0 aromatic heterocycles. The molecule has 1 atom stereocenters. The minimum Gasteiger partial charge on any atom is -0.493 e. The normalized spacial score (nSPS) is 14.7. The number of fused-ring (bicyclic) bond motifs is 1. The zero-order valence-electron chi connectivity index (χ0n) is 11.0. The van der Waals surface area contributed by atoms with Crippen LogP contribution in [0, 0.1) is 0 Å². The van der Waals surface area contributed by atoms with Crippen LogP contribution in [-0.4, -0.2) is 39.4 Å². The van der Waals surface area contributed by atoms with E-state index >= 15 is 0 Å². The first-order valence-corrected chi connectivity index (χ1v) is 5.95. The number of hydrogen-bond donors (Lipinski definition) is 1. The maximum atomic E-state index is 11.3. The van der Waals surface area contributed by atoms with Crippen LogP contribution < -0.4 is 19.9 Å². The summed E-state index contributed by atoms with van der Waals surface area (Å²) in [6.45, 7) is 0.979. The van der Waals surface area contributed by atoms with Gasteiger partial charge in [0.05, 0.1) is 14.2 Å². The lowest BCUT2D eigenvalue weighted by Gasteiger charge is -2.22. The summed E-state index contributed by atoms with van der Waals surface area (Å²) in [6.07, 6.45) is 0.347. The standard InChI is InChI=1S/C13H17NO5/c1-16-10-6-8(5-9(14)13(15)17-2)7-11-12(10)19-4-3-18-11/h6-7,9H,3-5,14H2,1-2H3. The van der Waals surface area contributed by atoms with Gasteiger partial charge in [0.15, 0.2) is 11.5 Å². The third-order valence-electron chi connectivity index (χ3n) is 2.85. The fourth-order valence-electron chi connectivity index (χ4n) is 1.93. The lowest BCUT2D eigenvalue weighted by atomic mass is 10.1. The average Bonchev–Trinajstić information content (AvgIpc) is 2.45. The predicted octanol–water partition coefficient (Wildman–Crippen LogP) is 0.509. The second-order valence-corrected chi connectivity index (χ2v) is 4.16. The van der Waals surface area contributed by atoms with E-state index in [1.165, 1.54) is 7.11 Å². The van der Waals surface area contributed by atoms with Crippen LogP contribution in [0.5, 0.6) is 17.2 Å². The van der Waals surface area contributed by atoms with Gasteiger partial charge in [-0.1, -0.05) is 0 Å². The Labute approximate surface area is 111 Å². The molecule has 0 aliphatic carbocycles. The van der Waals surface area contributed by atoms with E-state index in [4.69, 9.17) is 19.9 Å². The first-order chi connectivity index (χ1) is 9.15. The van der Waals surface area contributed by atoms with Crippen molar-refractivity contribution in [2.24, 2.45) is 5.73 Å². The van der Waals surface area contributed by atoms with Gasteiger partial charge in [-0.3, -0.25) is 4.79 Å². The van der Waals surface area contributed by atoms with E-state index in [9.17, 15) is 4.79 Å². The summed E-state index contributed by atoms with van der Waals surface area (Å²) < 4.78 is 20.9. The lowest BCUT2D eigenvalue weighted by Crippen LogP contribution is -2.33. The molecule has 0 amide bonds. The van der Waals surface area contributed by atoms with Crippen LogP contribution >= 0.6 is 0 Å². The summed E-state index contributed by atoms with van der Waals surface area (Å²) in [6, 6.07) is 2.88. The lowest BCUT2D eigenvalue weighted by molar-refractivity contribution is -0.142.